The number of aryl methyl sites for hydroxylation is 1. The fourth-order valence-corrected chi connectivity index (χ4v) is 2.68. The highest BCUT2D eigenvalue weighted by Gasteiger charge is 2.17. The topological polar surface area (TPSA) is 85.4 Å². The van der Waals surface area contributed by atoms with Gasteiger partial charge in [0.25, 0.3) is 11.6 Å². The van der Waals surface area contributed by atoms with Crippen molar-refractivity contribution < 1.29 is 14.1 Å². The van der Waals surface area contributed by atoms with Gasteiger partial charge in [-0.25, -0.2) is 0 Å². The van der Waals surface area contributed by atoms with Gasteiger partial charge < -0.3 is 9.73 Å². The second kappa shape index (κ2) is 7.01. The third kappa shape index (κ3) is 3.45. The molecule has 0 bridgehead atoms. The van der Waals surface area contributed by atoms with E-state index in [4.69, 9.17) is 16.0 Å². The number of nitrogens with zero attached hydrogens (tertiary/aromatic N) is 1. The number of benzene rings is 2. The molecule has 0 spiro atoms. The summed E-state index contributed by atoms with van der Waals surface area (Å²) in [5.41, 5.74) is 2.99. The summed E-state index contributed by atoms with van der Waals surface area (Å²) >= 11 is 5.82. The van der Waals surface area contributed by atoms with Gasteiger partial charge in [0, 0.05) is 17.3 Å². The van der Waals surface area contributed by atoms with Gasteiger partial charge in [0.05, 0.1) is 4.92 Å². The van der Waals surface area contributed by atoms with Crippen molar-refractivity contribution in [1.82, 2.24) is 0 Å². The summed E-state index contributed by atoms with van der Waals surface area (Å²) in [6.45, 7) is 3.88. The fraction of sp³-hybridized carbons (Fsp3) is 0.105. The lowest BCUT2D eigenvalue weighted by Gasteiger charge is -2.09. The molecular weight excluding hydrogens is 356 g/mol. The maximum Gasteiger partial charge on any atom is 0.291 e. The first-order valence-electron chi connectivity index (χ1n) is 7.78. The highest BCUT2D eigenvalue weighted by Crippen LogP contribution is 2.31. The van der Waals surface area contributed by atoms with Crippen LogP contribution in [0.25, 0.3) is 11.3 Å². The Bertz CT molecular complexity index is 1010. The molecule has 0 unspecified atom stereocenters. The third-order valence-corrected chi connectivity index (χ3v) is 4.43. The van der Waals surface area contributed by atoms with Gasteiger partial charge in [0.15, 0.2) is 5.76 Å². The number of halogens is 1. The first-order valence-corrected chi connectivity index (χ1v) is 8.16. The second-order valence-corrected chi connectivity index (χ2v) is 6.20. The van der Waals surface area contributed by atoms with Gasteiger partial charge in [-0.1, -0.05) is 23.7 Å². The van der Waals surface area contributed by atoms with Crippen molar-refractivity contribution in [2.24, 2.45) is 0 Å². The molecule has 0 aliphatic carbocycles. The Morgan fingerprint density at radius 1 is 1.15 bits per heavy atom. The van der Waals surface area contributed by atoms with Gasteiger partial charge in [0.2, 0.25) is 0 Å². The van der Waals surface area contributed by atoms with Gasteiger partial charge in [-0.05, 0) is 55.3 Å². The van der Waals surface area contributed by atoms with Gasteiger partial charge in [-0.3, -0.25) is 14.9 Å². The normalized spacial score (nSPS) is 10.6. The number of hydrogen-bond acceptors (Lipinski definition) is 4. The summed E-state index contributed by atoms with van der Waals surface area (Å²) in [7, 11) is 0. The quantitative estimate of drug-likeness (QED) is 0.493. The zero-order chi connectivity index (χ0) is 18.8. The van der Waals surface area contributed by atoms with E-state index in [1.54, 1.807) is 12.1 Å². The van der Waals surface area contributed by atoms with Crippen molar-refractivity contribution in [3.05, 3.63) is 80.6 Å². The van der Waals surface area contributed by atoms with E-state index < -0.39 is 10.8 Å². The minimum Gasteiger partial charge on any atom is -0.451 e. The number of furan rings is 1. The van der Waals surface area contributed by atoms with Crippen molar-refractivity contribution in [3.63, 3.8) is 0 Å². The molecule has 7 heteroatoms. The highest BCUT2D eigenvalue weighted by molar-refractivity contribution is 6.32. The number of hydrogen-bond donors (Lipinski definition) is 1. The molecule has 0 aliphatic heterocycles. The molecule has 0 radical (unpaired) electrons. The number of nitro groups is 1. The van der Waals surface area contributed by atoms with E-state index in [1.165, 1.54) is 18.2 Å². The minimum atomic E-state index is -0.567. The molecule has 1 amide bonds. The van der Waals surface area contributed by atoms with E-state index in [-0.39, 0.29) is 16.5 Å². The van der Waals surface area contributed by atoms with Crippen molar-refractivity contribution in [1.29, 1.82) is 0 Å². The van der Waals surface area contributed by atoms with Gasteiger partial charge in [-0.2, -0.15) is 0 Å². The molecule has 0 saturated heterocycles. The summed E-state index contributed by atoms with van der Waals surface area (Å²) in [4.78, 5) is 22.9. The van der Waals surface area contributed by atoms with Crippen molar-refractivity contribution in [2.45, 2.75) is 13.8 Å². The van der Waals surface area contributed by atoms with E-state index in [2.05, 4.69) is 5.32 Å². The molecule has 0 saturated carbocycles. The monoisotopic (exact) mass is 370 g/mol. The summed E-state index contributed by atoms with van der Waals surface area (Å²) in [6.07, 6.45) is 0. The maximum atomic E-state index is 12.4. The van der Waals surface area contributed by atoms with E-state index in [0.717, 1.165) is 11.1 Å². The second-order valence-electron chi connectivity index (χ2n) is 5.79. The Labute approximate surface area is 154 Å². The number of rotatable bonds is 4. The van der Waals surface area contributed by atoms with E-state index >= 15 is 0 Å². The van der Waals surface area contributed by atoms with Crippen LogP contribution in [-0.4, -0.2) is 10.8 Å². The first kappa shape index (κ1) is 17.7. The zero-order valence-corrected chi connectivity index (χ0v) is 14.8. The molecule has 2 aromatic carbocycles. The molecule has 1 aromatic heterocycles. The van der Waals surface area contributed by atoms with Crippen LogP contribution in [0.15, 0.2) is 52.9 Å². The smallest absolute Gasteiger partial charge is 0.291 e. The van der Waals surface area contributed by atoms with Gasteiger partial charge >= 0.3 is 0 Å². The molecule has 0 aliphatic rings. The lowest BCUT2D eigenvalue weighted by Crippen LogP contribution is -2.12. The number of nitrogens with one attached hydrogen (secondary N) is 1. The van der Waals surface area contributed by atoms with E-state index in [0.29, 0.717) is 17.0 Å². The average molecular weight is 371 g/mol. The summed E-state index contributed by atoms with van der Waals surface area (Å²) in [5, 5.41) is 13.9. The van der Waals surface area contributed by atoms with Crippen molar-refractivity contribution >= 4 is 28.9 Å². The highest BCUT2D eigenvalue weighted by atomic mass is 35.5. The van der Waals surface area contributed by atoms with Crippen LogP contribution >= 0.6 is 11.6 Å². The van der Waals surface area contributed by atoms with Crippen LogP contribution in [-0.2, 0) is 0 Å². The first-order chi connectivity index (χ1) is 12.4. The number of carbonyl (C=O) groups excluding carboxylic acids is 1. The summed E-state index contributed by atoms with van der Waals surface area (Å²) in [5.74, 6) is 0.0582. The molecule has 1 heterocycles. The Kier molecular flexibility index (Phi) is 4.77. The maximum absolute atomic E-state index is 12.4. The number of anilines is 1. The standard InChI is InChI=1S/C19H15ClN2O4/c1-11-4-3-5-15(12(11)2)21-19(23)18-9-8-17(26-18)13-6-7-14(20)16(10-13)22(24)25/h3-10H,1-2H3,(H,21,23). The SMILES string of the molecule is Cc1cccc(NC(=O)c2ccc(-c3ccc(Cl)c([N+](=O)[O-])c3)o2)c1C. The van der Waals surface area contributed by atoms with Gasteiger partial charge in [0.1, 0.15) is 10.8 Å². The predicted octanol–water partition coefficient (Wildman–Crippen LogP) is 5.38. The molecule has 3 rings (SSSR count). The molecule has 26 heavy (non-hydrogen) atoms. The molecule has 0 atom stereocenters. The Morgan fingerprint density at radius 2 is 1.92 bits per heavy atom. The Morgan fingerprint density at radius 3 is 2.65 bits per heavy atom. The molecule has 132 valence electrons. The molecule has 3 aromatic rings. The van der Waals surface area contributed by atoms with Crippen LogP contribution in [0.3, 0.4) is 0 Å². The van der Waals surface area contributed by atoms with Crippen molar-refractivity contribution in [3.8, 4) is 11.3 Å². The summed E-state index contributed by atoms with van der Waals surface area (Å²) in [6, 6.07) is 13.1. The average Bonchev–Trinajstić information content (AvgIpc) is 3.09. The molecule has 1 N–H and O–H groups in total. The van der Waals surface area contributed by atoms with Crippen LogP contribution in [0.5, 0.6) is 0 Å². The minimum absolute atomic E-state index is 0.0400. The number of carbonyl (C=O) groups is 1. The van der Waals surface area contributed by atoms with Crippen LogP contribution in [0.2, 0.25) is 5.02 Å². The fourth-order valence-electron chi connectivity index (χ4n) is 2.49. The lowest BCUT2D eigenvalue weighted by atomic mass is 10.1. The van der Waals surface area contributed by atoms with Crippen molar-refractivity contribution in [2.75, 3.05) is 5.32 Å². The van der Waals surface area contributed by atoms with E-state index in [1.807, 2.05) is 32.0 Å². The molecule has 0 fully saturated rings. The number of nitro benzene ring substituents is 1. The predicted molar refractivity (Wildman–Crippen MR) is 99.7 cm³/mol. The Balaban J connectivity index is 1.86. The van der Waals surface area contributed by atoms with Crippen LogP contribution < -0.4 is 5.32 Å². The zero-order valence-electron chi connectivity index (χ0n) is 14.1. The molecular formula is C19H15ClN2O4. The lowest BCUT2D eigenvalue weighted by molar-refractivity contribution is -0.384. The largest absolute Gasteiger partial charge is 0.451 e. The Hall–Kier alpha value is -3.12. The van der Waals surface area contributed by atoms with E-state index in [9.17, 15) is 14.9 Å². The summed E-state index contributed by atoms with van der Waals surface area (Å²) < 4.78 is 5.57. The molecule has 6 nitrogen and oxygen atoms in total. The van der Waals surface area contributed by atoms with Crippen LogP contribution in [0.4, 0.5) is 11.4 Å². The number of amides is 1. The third-order valence-electron chi connectivity index (χ3n) is 4.11. The van der Waals surface area contributed by atoms with Crippen LogP contribution in [0, 0.1) is 24.0 Å². The van der Waals surface area contributed by atoms with Gasteiger partial charge in [-0.15, -0.1) is 0 Å². The van der Waals surface area contributed by atoms with Crippen LogP contribution in [0.1, 0.15) is 21.7 Å².